The normalized spacial score (nSPS) is 23.8. The standard InChI is InChI=1S/C25H20F2N4O2S/c1-13-10-29-21-20-14-2-3-16(31-15(14)4-5-17(20)33-22(21)23(32)30-13)18-6-7-19(34-18)24(12-28)8-9-25(26,27)11-24/h2-7,13,29H,8-11H2,1H3,(H,30,32). The molecule has 1 fully saturated rings. The van der Waals surface area contributed by atoms with Gasteiger partial charge in [0.25, 0.3) is 5.91 Å². The van der Waals surface area contributed by atoms with E-state index in [-0.39, 0.29) is 30.6 Å². The number of fused-ring (bicyclic) bond motifs is 5. The van der Waals surface area contributed by atoms with Crippen LogP contribution in [0, 0.1) is 11.3 Å². The molecule has 172 valence electrons. The molecule has 2 unspecified atom stereocenters. The summed E-state index contributed by atoms with van der Waals surface area (Å²) < 4.78 is 33.7. The van der Waals surface area contributed by atoms with Crippen molar-refractivity contribution in [2.45, 2.75) is 43.6 Å². The van der Waals surface area contributed by atoms with Crippen molar-refractivity contribution in [3.05, 3.63) is 47.0 Å². The second-order valence-corrected chi connectivity index (χ2v) is 10.2. The molecule has 4 aromatic rings. The average molecular weight is 479 g/mol. The fraction of sp³-hybridized carbons (Fsp3) is 0.320. The van der Waals surface area contributed by atoms with Crippen molar-refractivity contribution in [1.29, 1.82) is 5.26 Å². The predicted octanol–water partition coefficient (Wildman–Crippen LogP) is 5.83. The van der Waals surface area contributed by atoms with Gasteiger partial charge >= 0.3 is 0 Å². The first kappa shape index (κ1) is 21.1. The molecule has 1 saturated carbocycles. The molecule has 0 radical (unpaired) electrons. The predicted molar refractivity (Wildman–Crippen MR) is 126 cm³/mol. The van der Waals surface area contributed by atoms with Gasteiger partial charge in [0.05, 0.1) is 38.6 Å². The zero-order chi connectivity index (χ0) is 23.7. The van der Waals surface area contributed by atoms with Gasteiger partial charge in [-0.3, -0.25) is 4.79 Å². The Morgan fingerprint density at radius 1 is 1.21 bits per heavy atom. The number of aromatic nitrogens is 1. The number of halogens is 2. The van der Waals surface area contributed by atoms with Crippen LogP contribution in [-0.2, 0) is 5.41 Å². The van der Waals surface area contributed by atoms with Crippen molar-refractivity contribution in [3.63, 3.8) is 0 Å². The molecule has 6 rings (SSSR count). The molecule has 2 N–H and O–H groups in total. The van der Waals surface area contributed by atoms with Crippen LogP contribution in [-0.4, -0.2) is 29.4 Å². The Morgan fingerprint density at radius 3 is 2.82 bits per heavy atom. The molecule has 2 atom stereocenters. The van der Waals surface area contributed by atoms with Crippen LogP contribution in [0.15, 0.2) is 40.8 Å². The Balaban J connectivity index is 1.42. The van der Waals surface area contributed by atoms with Crippen LogP contribution in [0.3, 0.4) is 0 Å². The second kappa shape index (κ2) is 7.24. The number of rotatable bonds is 2. The van der Waals surface area contributed by atoms with Crippen LogP contribution in [0.1, 0.15) is 41.6 Å². The molecule has 1 aromatic carbocycles. The molecule has 34 heavy (non-hydrogen) atoms. The third kappa shape index (κ3) is 3.16. The van der Waals surface area contributed by atoms with Gasteiger partial charge in [-0.25, -0.2) is 13.8 Å². The Hall–Kier alpha value is -3.51. The smallest absolute Gasteiger partial charge is 0.289 e. The number of carbonyl (C=O) groups is 1. The average Bonchev–Trinajstić information content (AvgIpc) is 3.51. The minimum atomic E-state index is -2.81. The molecule has 1 amide bonds. The first-order valence-electron chi connectivity index (χ1n) is 11.1. The molecule has 2 aliphatic rings. The lowest BCUT2D eigenvalue weighted by molar-refractivity contribution is 0.00534. The summed E-state index contributed by atoms with van der Waals surface area (Å²) in [5, 5.41) is 17.6. The van der Waals surface area contributed by atoms with Gasteiger partial charge < -0.3 is 15.1 Å². The summed E-state index contributed by atoms with van der Waals surface area (Å²) in [5.41, 5.74) is 1.54. The Labute approximate surface area is 197 Å². The van der Waals surface area contributed by atoms with E-state index in [0.29, 0.717) is 28.4 Å². The summed E-state index contributed by atoms with van der Waals surface area (Å²) in [4.78, 5) is 18.8. The Bertz CT molecular complexity index is 1520. The molecule has 0 saturated heterocycles. The molecule has 9 heteroatoms. The van der Waals surface area contributed by atoms with Crippen LogP contribution in [0.25, 0.3) is 32.4 Å². The fourth-order valence-electron chi connectivity index (χ4n) is 4.97. The highest BCUT2D eigenvalue weighted by molar-refractivity contribution is 7.15. The first-order chi connectivity index (χ1) is 16.3. The van der Waals surface area contributed by atoms with Crippen molar-refractivity contribution >= 4 is 44.8 Å². The zero-order valence-corrected chi connectivity index (χ0v) is 19.1. The summed E-state index contributed by atoms with van der Waals surface area (Å²) in [5.74, 6) is -2.80. The van der Waals surface area contributed by atoms with E-state index in [1.54, 1.807) is 12.1 Å². The SMILES string of the molecule is CC1CNc2c(oc3ccc4nc(-c5ccc(C6(C#N)CCC(F)(F)C6)s5)ccc4c23)C(=O)N1. The lowest BCUT2D eigenvalue weighted by atomic mass is 9.86. The second-order valence-electron chi connectivity index (χ2n) is 9.15. The van der Waals surface area contributed by atoms with Gasteiger partial charge in [-0.15, -0.1) is 11.3 Å². The lowest BCUT2D eigenvalue weighted by Gasteiger charge is -2.18. The number of carbonyl (C=O) groups excluding carboxylic acids is 1. The number of anilines is 1. The highest BCUT2D eigenvalue weighted by Crippen LogP contribution is 2.51. The van der Waals surface area contributed by atoms with Crippen LogP contribution in [0.4, 0.5) is 14.5 Å². The van der Waals surface area contributed by atoms with E-state index in [4.69, 9.17) is 9.40 Å². The van der Waals surface area contributed by atoms with E-state index in [2.05, 4.69) is 16.7 Å². The van der Waals surface area contributed by atoms with Gasteiger partial charge in [-0.2, -0.15) is 5.26 Å². The number of benzene rings is 1. The molecule has 1 aliphatic carbocycles. The van der Waals surface area contributed by atoms with Gasteiger partial charge in [0.15, 0.2) is 0 Å². The number of amides is 1. The maximum Gasteiger partial charge on any atom is 0.289 e. The lowest BCUT2D eigenvalue weighted by Crippen LogP contribution is -2.34. The zero-order valence-electron chi connectivity index (χ0n) is 18.2. The van der Waals surface area contributed by atoms with Crippen LogP contribution in [0.5, 0.6) is 0 Å². The van der Waals surface area contributed by atoms with Crippen LogP contribution in [0.2, 0.25) is 0 Å². The quantitative estimate of drug-likeness (QED) is 0.378. The van der Waals surface area contributed by atoms with E-state index >= 15 is 0 Å². The monoisotopic (exact) mass is 478 g/mol. The van der Waals surface area contributed by atoms with Crippen molar-refractivity contribution in [3.8, 4) is 16.6 Å². The van der Waals surface area contributed by atoms with Gasteiger partial charge in [0.1, 0.15) is 5.58 Å². The molecule has 3 aromatic heterocycles. The van der Waals surface area contributed by atoms with Crippen molar-refractivity contribution in [2.24, 2.45) is 0 Å². The molecular formula is C25H20F2N4O2S. The molecular weight excluding hydrogens is 458 g/mol. The fourth-order valence-corrected chi connectivity index (χ4v) is 6.11. The summed E-state index contributed by atoms with van der Waals surface area (Å²) in [6.45, 7) is 2.50. The summed E-state index contributed by atoms with van der Waals surface area (Å²) in [7, 11) is 0. The number of pyridine rings is 1. The molecule has 0 bridgehead atoms. The number of alkyl halides is 2. The van der Waals surface area contributed by atoms with Crippen LogP contribution >= 0.6 is 11.3 Å². The Kier molecular flexibility index (Phi) is 4.48. The topological polar surface area (TPSA) is 91.0 Å². The minimum Gasteiger partial charge on any atom is -0.449 e. The summed E-state index contributed by atoms with van der Waals surface area (Å²) in [6, 6.07) is 13.2. The van der Waals surface area contributed by atoms with Crippen LogP contribution < -0.4 is 10.6 Å². The van der Waals surface area contributed by atoms with E-state index < -0.39 is 17.8 Å². The van der Waals surface area contributed by atoms with E-state index in [1.165, 1.54) is 11.3 Å². The number of hydrogen-bond donors (Lipinski definition) is 2. The number of furan rings is 1. The number of nitrogens with zero attached hydrogens (tertiary/aromatic N) is 2. The molecule has 6 nitrogen and oxygen atoms in total. The number of thiophene rings is 1. The maximum atomic E-state index is 13.9. The van der Waals surface area contributed by atoms with E-state index in [0.717, 1.165) is 21.2 Å². The van der Waals surface area contributed by atoms with Crippen molar-refractivity contribution in [2.75, 3.05) is 11.9 Å². The summed E-state index contributed by atoms with van der Waals surface area (Å²) >= 11 is 1.35. The number of hydrogen-bond acceptors (Lipinski definition) is 6. The number of nitriles is 1. The molecule has 0 spiro atoms. The molecule has 4 heterocycles. The van der Waals surface area contributed by atoms with Crippen molar-refractivity contribution < 1.29 is 18.0 Å². The largest absolute Gasteiger partial charge is 0.449 e. The van der Waals surface area contributed by atoms with Gasteiger partial charge in [0, 0.05) is 35.7 Å². The van der Waals surface area contributed by atoms with Gasteiger partial charge in [-0.1, -0.05) is 0 Å². The molecule has 1 aliphatic heterocycles. The number of nitrogens with one attached hydrogen (secondary N) is 2. The first-order valence-corrected chi connectivity index (χ1v) is 11.9. The van der Waals surface area contributed by atoms with Gasteiger partial charge in [-0.05, 0) is 49.7 Å². The van der Waals surface area contributed by atoms with E-state index in [9.17, 15) is 18.8 Å². The minimum absolute atomic E-state index is 0.0330. The third-order valence-corrected chi connectivity index (χ3v) is 8.02. The van der Waals surface area contributed by atoms with E-state index in [1.807, 2.05) is 31.2 Å². The highest BCUT2D eigenvalue weighted by Gasteiger charge is 2.51. The van der Waals surface area contributed by atoms with Crippen molar-refractivity contribution in [1.82, 2.24) is 10.3 Å². The van der Waals surface area contributed by atoms with Gasteiger partial charge in [0.2, 0.25) is 11.7 Å². The highest BCUT2D eigenvalue weighted by atomic mass is 32.1. The maximum absolute atomic E-state index is 13.9. The third-order valence-electron chi connectivity index (χ3n) is 6.71. The summed E-state index contributed by atoms with van der Waals surface area (Å²) in [6.07, 6.45) is -0.549. The Morgan fingerprint density at radius 2 is 2.06 bits per heavy atom.